The van der Waals surface area contributed by atoms with Gasteiger partial charge in [0.1, 0.15) is 72.1 Å². The van der Waals surface area contributed by atoms with Gasteiger partial charge < -0.3 is 20.3 Å². The number of hydrogen-bond donors (Lipinski definition) is 2. The summed E-state index contributed by atoms with van der Waals surface area (Å²) < 4.78 is 5.99. The van der Waals surface area contributed by atoms with Crippen molar-refractivity contribution in [3.05, 3.63) is 52.6 Å². The molecule has 1 atom stereocenters. The lowest BCUT2D eigenvalue weighted by Crippen LogP contribution is -2.54. The van der Waals surface area contributed by atoms with Crippen LogP contribution in [0.2, 0.25) is 0 Å². The lowest BCUT2D eigenvalue weighted by molar-refractivity contribution is -0.128. The molecule has 2 N–H and O–H groups in total. The predicted molar refractivity (Wildman–Crippen MR) is 199 cm³/mol. The molecule has 4 amide bonds. The summed E-state index contributed by atoms with van der Waals surface area (Å²) in [6.07, 6.45) is 6.68. The Kier molecular flexibility index (Phi) is 8.81. The summed E-state index contributed by atoms with van der Waals surface area (Å²) in [5.74, 6) is 0.0508. The SMILES string of the molecule is [B]c1c([B])c([B])c(Oc2ccc(N3C(=O)Nc4c(C(=O)N[C@@H]5CCCN(C(=O)/C(C#N)=C/C6CC6)C5)sc5nccc3c45)c(C)c2)c([B])c1[B]. The van der Waals surface area contributed by atoms with E-state index in [2.05, 4.69) is 15.6 Å². The minimum absolute atomic E-state index is 0.0544. The number of carbonyl (C=O) groups is 3. The molecule has 1 saturated heterocycles. The van der Waals surface area contributed by atoms with Crippen LogP contribution in [-0.4, -0.2) is 86.1 Å². The van der Waals surface area contributed by atoms with E-state index in [1.54, 1.807) is 41.4 Å². The van der Waals surface area contributed by atoms with E-state index in [0.717, 1.165) is 12.8 Å². The topological polar surface area (TPSA) is 128 Å². The molecule has 0 unspecified atom stereocenters. The molecule has 0 spiro atoms. The first-order chi connectivity index (χ1) is 24.0. The van der Waals surface area contributed by atoms with E-state index < -0.39 is 6.03 Å². The van der Waals surface area contributed by atoms with Crippen molar-refractivity contribution in [2.45, 2.75) is 38.6 Å². The minimum atomic E-state index is -0.470. The van der Waals surface area contributed by atoms with Crippen molar-refractivity contribution >= 4 is 123 Å². The summed E-state index contributed by atoms with van der Waals surface area (Å²) in [4.78, 5) is 49.1. The van der Waals surface area contributed by atoms with Crippen LogP contribution in [0.15, 0.2) is 42.1 Å². The van der Waals surface area contributed by atoms with Gasteiger partial charge in [0.05, 0.1) is 22.4 Å². The number of thiophene rings is 1. The fourth-order valence-corrected chi connectivity index (χ4v) is 7.36. The van der Waals surface area contributed by atoms with Gasteiger partial charge in [0, 0.05) is 25.3 Å². The largest absolute Gasteiger partial charge is 0.459 e. The number of nitrogens with zero attached hydrogens (tertiary/aromatic N) is 4. The van der Waals surface area contributed by atoms with Crippen LogP contribution in [0.4, 0.5) is 21.9 Å². The first kappa shape index (κ1) is 33.6. The normalized spacial score (nSPS) is 17.3. The first-order valence-corrected chi connectivity index (χ1v) is 16.8. The third-order valence-electron chi connectivity index (χ3n) is 9.15. The Morgan fingerprint density at radius 1 is 1.06 bits per heavy atom. The molecule has 2 aromatic carbocycles. The predicted octanol–water partition coefficient (Wildman–Crippen LogP) is 0.630. The van der Waals surface area contributed by atoms with Crippen molar-refractivity contribution in [1.82, 2.24) is 15.2 Å². The maximum atomic E-state index is 13.8. The number of amides is 4. The number of allylic oxidation sites excluding steroid dienone is 1. The molecule has 10 radical (unpaired) electrons. The zero-order chi connectivity index (χ0) is 35.4. The highest BCUT2D eigenvalue weighted by atomic mass is 32.1. The molecule has 2 aromatic heterocycles. The summed E-state index contributed by atoms with van der Waals surface area (Å²) in [6.45, 7) is 2.62. The van der Waals surface area contributed by atoms with Crippen molar-refractivity contribution in [3.8, 4) is 17.6 Å². The van der Waals surface area contributed by atoms with E-state index >= 15 is 0 Å². The molecule has 3 aliphatic rings. The molecular formula is C34H25B5N6O4S. The summed E-state index contributed by atoms with van der Waals surface area (Å²) in [5.41, 5.74) is 2.62. The van der Waals surface area contributed by atoms with Crippen molar-refractivity contribution < 1.29 is 19.1 Å². The smallest absolute Gasteiger partial charge is 0.331 e. The van der Waals surface area contributed by atoms with Crippen molar-refractivity contribution in [3.63, 3.8) is 0 Å². The highest BCUT2D eigenvalue weighted by Gasteiger charge is 2.35. The minimum Gasteiger partial charge on any atom is -0.459 e. The third kappa shape index (κ3) is 5.98. The van der Waals surface area contributed by atoms with Gasteiger partial charge in [0.2, 0.25) is 0 Å². The van der Waals surface area contributed by atoms with Gasteiger partial charge in [-0.1, -0.05) is 17.0 Å². The van der Waals surface area contributed by atoms with Gasteiger partial charge in [-0.15, -0.1) is 27.7 Å². The van der Waals surface area contributed by atoms with Crippen LogP contribution in [0.25, 0.3) is 10.2 Å². The number of benzene rings is 2. The monoisotopic (exact) mass is 668 g/mol. The van der Waals surface area contributed by atoms with E-state index in [1.807, 2.05) is 13.0 Å². The zero-order valence-electron chi connectivity index (χ0n) is 27.1. The maximum absolute atomic E-state index is 13.8. The second kappa shape index (κ2) is 13.1. The lowest BCUT2D eigenvalue weighted by Gasteiger charge is -2.33. The summed E-state index contributed by atoms with van der Waals surface area (Å²) in [6, 6.07) is 8.05. The van der Waals surface area contributed by atoms with Gasteiger partial charge in [0.15, 0.2) is 0 Å². The van der Waals surface area contributed by atoms with Crippen LogP contribution >= 0.6 is 11.3 Å². The van der Waals surface area contributed by atoms with Crippen molar-refractivity contribution in [2.75, 3.05) is 23.3 Å². The van der Waals surface area contributed by atoms with Crippen LogP contribution in [0.5, 0.6) is 11.5 Å². The van der Waals surface area contributed by atoms with Crippen LogP contribution in [-0.2, 0) is 4.79 Å². The Labute approximate surface area is 299 Å². The molecule has 2 aliphatic heterocycles. The number of carbonyl (C=O) groups excluding carboxylic acids is 3. The molecule has 4 heterocycles. The summed E-state index contributed by atoms with van der Waals surface area (Å²) in [7, 11) is 30.1. The van der Waals surface area contributed by atoms with Crippen LogP contribution in [0.1, 0.15) is 40.9 Å². The van der Waals surface area contributed by atoms with Gasteiger partial charge in [0.25, 0.3) is 11.8 Å². The number of anilines is 3. The fourth-order valence-electron chi connectivity index (χ4n) is 6.33. The number of urea groups is 1. The molecular weight excluding hydrogens is 643 g/mol. The number of ether oxygens (including phenoxy) is 1. The Balaban J connectivity index is 1.13. The van der Waals surface area contributed by atoms with Crippen LogP contribution in [0.3, 0.4) is 0 Å². The van der Waals surface area contributed by atoms with E-state index in [0.29, 0.717) is 68.8 Å². The van der Waals surface area contributed by atoms with Gasteiger partial charge in [-0.3, -0.25) is 14.5 Å². The number of aromatic nitrogens is 1. The average Bonchev–Trinajstić information content (AvgIpc) is 3.86. The molecule has 16 heteroatoms. The number of pyridine rings is 1. The molecule has 7 rings (SSSR count). The molecule has 0 bridgehead atoms. The summed E-state index contributed by atoms with van der Waals surface area (Å²) >= 11 is 1.17. The van der Waals surface area contributed by atoms with Gasteiger partial charge in [-0.2, -0.15) is 5.26 Å². The van der Waals surface area contributed by atoms with Crippen molar-refractivity contribution in [1.29, 1.82) is 5.26 Å². The number of nitriles is 1. The van der Waals surface area contributed by atoms with Crippen LogP contribution < -0.4 is 47.6 Å². The van der Waals surface area contributed by atoms with E-state index in [1.165, 1.54) is 16.2 Å². The van der Waals surface area contributed by atoms with Crippen LogP contribution in [0, 0.1) is 24.2 Å². The first-order valence-electron chi connectivity index (χ1n) is 16.0. The number of piperidine rings is 1. The van der Waals surface area contributed by atoms with E-state index in [-0.39, 0.29) is 63.0 Å². The quantitative estimate of drug-likeness (QED) is 0.169. The molecule has 10 nitrogen and oxygen atoms in total. The Hall–Kier alpha value is -4.89. The number of rotatable bonds is 7. The number of hydrogen-bond acceptors (Lipinski definition) is 7. The zero-order valence-corrected chi connectivity index (χ0v) is 27.9. The van der Waals surface area contributed by atoms with Crippen molar-refractivity contribution in [2.24, 2.45) is 5.92 Å². The summed E-state index contributed by atoms with van der Waals surface area (Å²) in [5, 5.41) is 16.1. The highest BCUT2D eigenvalue weighted by molar-refractivity contribution is 7.21. The highest BCUT2D eigenvalue weighted by Crippen LogP contribution is 2.46. The Morgan fingerprint density at radius 3 is 2.46 bits per heavy atom. The molecule has 1 saturated carbocycles. The number of likely N-dealkylation sites (tertiary alicyclic amines) is 1. The molecule has 50 heavy (non-hydrogen) atoms. The Morgan fingerprint density at radius 2 is 1.78 bits per heavy atom. The standard InChI is InChI=1S/C34H25B5N6O4S/c1-15-11-19(49-29-26(38)24(36)23(35)25(37)27(29)39)6-7-20(15)45-21-8-9-41-32-22(21)28(43-34(45)48)30(50-32)31(46)42-18-3-2-10-44(14-18)33(47)17(13-40)12-16-4-5-16/h6-9,11-12,16,18H,2-5,10,14H2,1H3,(H,42,46)(H,43,48)/b17-12+/t18-/m1/s1. The van der Waals surface area contributed by atoms with Gasteiger partial charge in [-0.25, -0.2) is 9.78 Å². The number of aryl methyl sites for hydroxylation is 1. The Bertz CT molecular complexity index is 2170. The molecule has 1 aliphatic carbocycles. The molecule has 236 valence electrons. The second-order valence-corrected chi connectivity index (χ2v) is 13.6. The average molecular weight is 668 g/mol. The van der Waals surface area contributed by atoms with E-state index in [4.69, 9.17) is 44.0 Å². The lowest BCUT2D eigenvalue weighted by atomic mass is 9.62. The van der Waals surface area contributed by atoms with E-state index in [9.17, 15) is 19.6 Å². The third-order valence-corrected chi connectivity index (χ3v) is 10.2. The molecule has 4 aromatic rings. The fraction of sp³-hybridized carbons (Fsp3) is 0.265. The molecule has 2 fully saturated rings. The number of nitrogens with one attached hydrogen (secondary N) is 2. The van der Waals surface area contributed by atoms with Gasteiger partial charge in [-0.05, 0) is 68.4 Å². The second-order valence-electron chi connectivity index (χ2n) is 12.6. The van der Waals surface area contributed by atoms with Gasteiger partial charge >= 0.3 is 6.03 Å². The maximum Gasteiger partial charge on any atom is 0.331 e.